The van der Waals surface area contributed by atoms with Gasteiger partial charge in [-0.1, -0.05) is 0 Å². The topological polar surface area (TPSA) is 46.3 Å². The van der Waals surface area contributed by atoms with Crippen LogP contribution in [-0.2, 0) is 11.3 Å². The van der Waals surface area contributed by atoms with Gasteiger partial charge in [-0.2, -0.15) is 0 Å². The van der Waals surface area contributed by atoms with Crippen LogP contribution >= 0.6 is 11.3 Å². The molecule has 2 N–H and O–H groups in total. The zero-order chi connectivity index (χ0) is 11.4. The van der Waals surface area contributed by atoms with E-state index in [9.17, 15) is 4.79 Å². The molecule has 0 aliphatic carbocycles. The van der Waals surface area contributed by atoms with Crippen molar-refractivity contribution in [3.05, 3.63) is 21.9 Å². The van der Waals surface area contributed by atoms with E-state index in [1.54, 1.807) is 16.2 Å². The summed E-state index contributed by atoms with van der Waals surface area (Å²) in [6.07, 6.45) is 0.418. The van der Waals surface area contributed by atoms with Crippen molar-refractivity contribution in [1.29, 1.82) is 0 Å². The summed E-state index contributed by atoms with van der Waals surface area (Å²) in [7, 11) is 1.82. The third kappa shape index (κ3) is 4.01. The second kappa shape index (κ2) is 5.28. The van der Waals surface area contributed by atoms with Gasteiger partial charge in [0.05, 0.1) is 6.54 Å². The molecule has 15 heavy (non-hydrogen) atoms. The molecule has 1 aromatic rings. The highest BCUT2D eigenvalue weighted by Gasteiger charge is 2.11. The van der Waals surface area contributed by atoms with Crippen LogP contribution in [0.2, 0.25) is 0 Å². The predicted octanol–water partition coefficient (Wildman–Crippen LogP) is 1.75. The van der Waals surface area contributed by atoms with Crippen LogP contribution in [0.15, 0.2) is 12.1 Å². The van der Waals surface area contributed by atoms with Crippen LogP contribution in [0.4, 0.5) is 0 Å². The maximum atomic E-state index is 11.6. The van der Waals surface area contributed by atoms with Gasteiger partial charge in [0.25, 0.3) is 0 Å². The van der Waals surface area contributed by atoms with Gasteiger partial charge in [0.15, 0.2) is 0 Å². The van der Waals surface area contributed by atoms with Crippen LogP contribution in [0.25, 0.3) is 0 Å². The third-order valence-electron chi connectivity index (χ3n) is 2.11. The monoisotopic (exact) mass is 226 g/mol. The number of aryl methyl sites for hydroxylation is 1. The van der Waals surface area contributed by atoms with Gasteiger partial charge in [-0.25, -0.2) is 0 Å². The summed E-state index contributed by atoms with van der Waals surface area (Å²) < 4.78 is 0. The highest BCUT2D eigenvalue weighted by Crippen LogP contribution is 2.16. The van der Waals surface area contributed by atoms with Gasteiger partial charge in [-0.05, 0) is 26.0 Å². The van der Waals surface area contributed by atoms with E-state index in [1.165, 1.54) is 9.75 Å². The Balaban J connectivity index is 2.48. The molecule has 0 radical (unpaired) electrons. The van der Waals surface area contributed by atoms with E-state index in [4.69, 9.17) is 5.73 Å². The molecule has 3 nitrogen and oxygen atoms in total. The number of carbonyl (C=O) groups is 1. The van der Waals surface area contributed by atoms with Gasteiger partial charge in [-0.3, -0.25) is 4.79 Å². The van der Waals surface area contributed by atoms with Crippen LogP contribution in [0, 0.1) is 6.92 Å². The van der Waals surface area contributed by atoms with Crippen molar-refractivity contribution in [2.24, 2.45) is 5.73 Å². The quantitative estimate of drug-likeness (QED) is 0.850. The number of rotatable bonds is 4. The van der Waals surface area contributed by atoms with Gasteiger partial charge < -0.3 is 10.6 Å². The van der Waals surface area contributed by atoms with Gasteiger partial charge in [0.1, 0.15) is 0 Å². The normalized spacial score (nSPS) is 12.5. The average molecular weight is 226 g/mol. The lowest BCUT2D eigenvalue weighted by atomic mass is 10.2. The minimum Gasteiger partial charge on any atom is -0.341 e. The Morgan fingerprint density at radius 3 is 2.73 bits per heavy atom. The molecule has 1 aromatic heterocycles. The zero-order valence-corrected chi connectivity index (χ0v) is 10.3. The Kier molecular flexibility index (Phi) is 4.29. The molecule has 1 rings (SSSR count). The summed E-state index contributed by atoms with van der Waals surface area (Å²) in [5.74, 6) is 0.107. The Morgan fingerprint density at radius 2 is 2.27 bits per heavy atom. The number of thiophene rings is 1. The van der Waals surface area contributed by atoms with E-state index in [0.717, 1.165) is 0 Å². The number of hydrogen-bond donors (Lipinski definition) is 1. The fourth-order valence-electron chi connectivity index (χ4n) is 1.32. The molecule has 1 unspecified atom stereocenters. The Bertz CT molecular complexity index is 333. The van der Waals surface area contributed by atoms with E-state index >= 15 is 0 Å². The molecule has 0 spiro atoms. The lowest BCUT2D eigenvalue weighted by molar-refractivity contribution is -0.130. The maximum Gasteiger partial charge on any atom is 0.224 e. The molecule has 0 bridgehead atoms. The Morgan fingerprint density at radius 1 is 1.60 bits per heavy atom. The molecule has 1 amide bonds. The summed E-state index contributed by atoms with van der Waals surface area (Å²) >= 11 is 1.73. The minimum absolute atomic E-state index is 0.0648. The largest absolute Gasteiger partial charge is 0.341 e. The molecule has 1 heterocycles. The van der Waals surface area contributed by atoms with E-state index < -0.39 is 0 Å². The summed E-state index contributed by atoms with van der Waals surface area (Å²) in [5.41, 5.74) is 5.58. The van der Waals surface area contributed by atoms with Crippen molar-refractivity contribution in [2.75, 3.05) is 7.05 Å². The second-order valence-corrected chi connectivity index (χ2v) is 5.32. The highest BCUT2D eigenvalue weighted by atomic mass is 32.1. The van der Waals surface area contributed by atoms with Crippen molar-refractivity contribution in [1.82, 2.24) is 4.90 Å². The van der Waals surface area contributed by atoms with Gasteiger partial charge in [0.2, 0.25) is 5.91 Å². The zero-order valence-electron chi connectivity index (χ0n) is 9.49. The maximum absolute atomic E-state index is 11.6. The van der Waals surface area contributed by atoms with Crippen LogP contribution in [0.5, 0.6) is 0 Å². The molecule has 84 valence electrons. The smallest absolute Gasteiger partial charge is 0.224 e. The van der Waals surface area contributed by atoms with Crippen molar-refractivity contribution in [3.8, 4) is 0 Å². The molecule has 1 atom stereocenters. The summed E-state index contributed by atoms with van der Waals surface area (Å²) in [6, 6.07) is 4.07. The molecule has 0 aromatic carbocycles. The van der Waals surface area contributed by atoms with Gasteiger partial charge in [0, 0.05) is 29.3 Å². The minimum atomic E-state index is -0.0648. The first-order valence-electron chi connectivity index (χ1n) is 5.04. The molecular weight excluding hydrogens is 208 g/mol. The van der Waals surface area contributed by atoms with E-state index in [1.807, 2.05) is 14.0 Å². The van der Waals surface area contributed by atoms with E-state index in [-0.39, 0.29) is 11.9 Å². The fourth-order valence-corrected chi connectivity index (χ4v) is 2.27. The van der Waals surface area contributed by atoms with Crippen molar-refractivity contribution in [3.63, 3.8) is 0 Å². The third-order valence-corrected chi connectivity index (χ3v) is 3.10. The number of nitrogens with two attached hydrogens (primary N) is 1. The Hall–Kier alpha value is -0.870. The van der Waals surface area contributed by atoms with Crippen LogP contribution < -0.4 is 5.73 Å². The van der Waals surface area contributed by atoms with E-state index in [2.05, 4.69) is 19.1 Å². The summed E-state index contributed by atoms with van der Waals surface area (Å²) in [4.78, 5) is 15.8. The Labute approximate surface area is 94.9 Å². The molecular formula is C11H18N2OS. The SMILES string of the molecule is Cc1ccc(CN(C)C(=O)CC(C)N)s1. The lowest BCUT2D eigenvalue weighted by Gasteiger charge is -2.17. The van der Waals surface area contributed by atoms with Gasteiger partial charge in [-0.15, -0.1) is 11.3 Å². The number of hydrogen-bond acceptors (Lipinski definition) is 3. The van der Waals surface area contributed by atoms with E-state index in [0.29, 0.717) is 13.0 Å². The van der Waals surface area contributed by atoms with Crippen molar-refractivity contribution in [2.45, 2.75) is 32.9 Å². The van der Waals surface area contributed by atoms with Crippen molar-refractivity contribution >= 4 is 17.2 Å². The number of carbonyl (C=O) groups excluding carboxylic acids is 1. The van der Waals surface area contributed by atoms with Crippen LogP contribution in [0.1, 0.15) is 23.1 Å². The average Bonchev–Trinajstić information content (AvgIpc) is 2.50. The van der Waals surface area contributed by atoms with Crippen LogP contribution in [-0.4, -0.2) is 23.9 Å². The summed E-state index contributed by atoms with van der Waals surface area (Å²) in [6.45, 7) is 4.60. The molecule has 4 heteroatoms. The van der Waals surface area contributed by atoms with Gasteiger partial charge >= 0.3 is 0 Å². The fraction of sp³-hybridized carbons (Fsp3) is 0.545. The van der Waals surface area contributed by atoms with Crippen molar-refractivity contribution < 1.29 is 4.79 Å². The molecule has 0 fully saturated rings. The standard InChI is InChI=1S/C11H18N2OS/c1-8(12)6-11(14)13(3)7-10-5-4-9(2)15-10/h4-5,8H,6-7,12H2,1-3H3. The lowest BCUT2D eigenvalue weighted by Crippen LogP contribution is -2.31. The predicted molar refractivity (Wildman–Crippen MR) is 63.8 cm³/mol. The first-order chi connectivity index (χ1) is 6.99. The first kappa shape index (κ1) is 12.2. The molecule has 0 saturated carbocycles. The molecule has 0 aliphatic heterocycles. The summed E-state index contributed by atoms with van der Waals surface area (Å²) in [5, 5.41) is 0. The highest BCUT2D eigenvalue weighted by molar-refractivity contribution is 7.11. The molecule has 0 saturated heterocycles. The second-order valence-electron chi connectivity index (χ2n) is 3.94. The van der Waals surface area contributed by atoms with Crippen LogP contribution in [0.3, 0.4) is 0 Å². The first-order valence-corrected chi connectivity index (χ1v) is 5.85. The molecule has 0 aliphatic rings. The number of nitrogens with zero attached hydrogens (tertiary/aromatic N) is 1. The number of amides is 1.